The summed E-state index contributed by atoms with van der Waals surface area (Å²) in [6.07, 6.45) is 2.26. The molecule has 1 unspecified atom stereocenters. The molecule has 1 atom stereocenters. The number of carbonyl (C=O) groups is 2. The minimum atomic E-state index is -1.25. The normalized spacial score (nSPS) is 13.1. The maximum absolute atomic E-state index is 11.8. The summed E-state index contributed by atoms with van der Waals surface area (Å²) in [5.41, 5.74) is -0.655. The standard InChI is InChI=1S/C18H22N2O4/c1-18(23,15-9-6-12-24-15)13-20-16(21)10-5-11-19-17(22)14-7-3-2-4-8-14/h2-4,6-9,12,23H,5,10-11,13H2,1H3,(H,19,22)(H,20,21). The van der Waals surface area contributed by atoms with E-state index in [4.69, 9.17) is 4.42 Å². The predicted molar refractivity (Wildman–Crippen MR) is 89.3 cm³/mol. The van der Waals surface area contributed by atoms with Crippen LogP contribution < -0.4 is 10.6 Å². The molecule has 6 heteroatoms. The SMILES string of the molecule is CC(O)(CNC(=O)CCCNC(=O)c1ccccc1)c1ccco1. The Morgan fingerprint density at radius 1 is 1.12 bits per heavy atom. The topological polar surface area (TPSA) is 91.6 Å². The number of amides is 2. The number of carbonyl (C=O) groups excluding carboxylic acids is 2. The van der Waals surface area contributed by atoms with Gasteiger partial charge in [-0.05, 0) is 37.6 Å². The second kappa shape index (κ2) is 8.31. The molecule has 1 aromatic carbocycles. The Labute approximate surface area is 140 Å². The van der Waals surface area contributed by atoms with Crippen LogP contribution in [0.25, 0.3) is 0 Å². The largest absolute Gasteiger partial charge is 0.466 e. The lowest BCUT2D eigenvalue weighted by Crippen LogP contribution is -2.38. The molecule has 1 heterocycles. The van der Waals surface area contributed by atoms with Gasteiger partial charge in [0.05, 0.1) is 12.8 Å². The van der Waals surface area contributed by atoms with Crippen molar-refractivity contribution in [2.24, 2.45) is 0 Å². The van der Waals surface area contributed by atoms with Crippen molar-refractivity contribution in [3.8, 4) is 0 Å². The van der Waals surface area contributed by atoms with Crippen molar-refractivity contribution in [2.75, 3.05) is 13.1 Å². The van der Waals surface area contributed by atoms with Crippen molar-refractivity contribution < 1.29 is 19.1 Å². The highest BCUT2D eigenvalue weighted by atomic mass is 16.4. The fourth-order valence-electron chi connectivity index (χ4n) is 2.17. The molecule has 128 valence electrons. The lowest BCUT2D eigenvalue weighted by molar-refractivity contribution is -0.122. The molecule has 0 aliphatic heterocycles. The van der Waals surface area contributed by atoms with Crippen LogP contribution in [0.1, 0.15) is 35.9 Å². The maximum atomic E-state index is 11.8. The summed E-state index contributed by atoms with van der Waals surface area (Å²) in [6, 6.07) is 12.3. The van der Waals surface area contributed by atoms with E-state index in [-0.39, 0.29) is 24.8 Å². The predicted octanol–water partition coefficient (Wildman–Crippen LogP) is 1.81. The van der Waals surface area contributed by atoms with Crippen LogP contribution in [0.15, 0.2) is 53.1 Å². The first kappa shape index (κ1) is 17.7. The second-order valence-electron chi connectivity index (χ2n) is 5.75. The van der Waals surface area contributed by atoms with Crippen LogP contribution in [0.4, 0.5) is 0 Å². The summed E-state index contributed by atoms with van der Waals surface area (Å²) < 4.78 is 5.15. The summed E-state index contributed by atoms with van der Waals surface area (Å²) in [5.74, 6) is 0.0606. The Kier molecular flexibility index (Phi) is 6.14. The van der Waals surface area contributed by atoms with Gasteiger partial charge in [0.25, 0.3) is 5.91 Å². The van der Waals surface area contributed by atoms with E-state index in [1.807, 2.05) is 6.07 Å². The van der Waals surface area contributed by atoms with E-state index in [9.17, 15) is 14.7 Å². The monoisotopic (exact) mass is 330 g/mol. The lowest BCUT2D eigenvalue weighted by atomic mass is 10.0. The molecule has 24 heavy (non-hydrogen) atoms. The number of benzene rings is 1. The van der Waals surface area contributed by atoms with E-state index in [0.29, 0.717) is 24.3 Å². The lowest BCUT2D eigenvalue weighted by Gasteiger charge is -2.21. The Balaban J connectivity index is 1.64. The second-order valence-corrected chi connectivity index (χ2v) is 5.75. The van der Waals surface area contributed by atoms with E-state index >= 15 is 0 Å². The van der Waals surface area contributed by atoms with Gasteiger partial charge in [-0.1, -0.05) is 18.2 Å². The molecule has 0 fully saturated rings. The third-order valence-corrected chi connectivity index (χ3v) is 3.58. The molecule has 2 amide bonds. The molecule has 0 aliphatic rings. The number of rotatable bonds is 8. The van der Waals surface area contributed by atoms with Crippen LogP contribution in [-0.2, 0) is 10.4 Å². The first-order chi connectivity index (χ1) is 11.5. The fourth-order valence-corrected chi connectivity index (χ4v) is 2.17. The molecule has 2 aromatic rings. The highest BCUT2D eigenvalue weighted by molar-refractivity contribution is 5.94. The highest BCUT2D eigenvalue weighted by Crippen LogP contribution is 2.19. The van der Waals surface area contributed by atoms with Crippen LogP contribution in [0.2, 0.25) is 0 Å². The van der Waals surface area contributed by atoms with Gasteiger partial charge in [0.15, 0.2) is 0 Å². The van der Waals surface area contributed by atoms with Crippen LogP contribution >= 0.6 is 0 Å². The molecule has 0 saturated heterocycles. The number of furan rings is 1. The molecule has 6 nitrogen and oxygen atoms in total. The van der Waals surface area contributed by atoms with Crippen LogP contribution in [0.3, 0.4) is 0 Å². The molecular formula is C18H22N2O4. The summed E-state index contributed by atoms with van der Waals surface area (Å²) in [7, 11) is 0. The van der Waals surface area contributed by atoms with Gasteiger partial charge >= 0.3 is 0 Å². The summed E-state index contributed by atoms with van der Waals surface area (Å²) in [6.45, 7) is 2.05. The zero-order valence-corrected chi connectivity index (χ0v) is 13.6. The fraction of sp³-hybridized carbons (Fsp3) is 0.333. The summed E-state index contributed by atoms with van der Waals surface area (Å²) >= 11 is 0. The smallest absolute Gasteiger partial charge is 0.251 e. The Morgan fingerprint density at radius 2 is 1.88 bits per heavy atom. The number of nitrogens with one attached hydrogen (secondary N) is 2. The van der Waals surface area contributed by atoms with Crippen molar-refractivity contribution in [3.63, 3.8) is 0 Å². The van der Waals surface area contributed by atoms with Crippen molar-refractivity contribution >= 4 is 11.8 Å². The van der Waals surface area contributed by atoms with Crippen molar-refractivity contribution in [3.05, 3.63) is 60.1 Å². The Bertz CT molecular complexity index is 651. The molecule has 0 bridgehead atoms. The van der Waals surface area contributed by atoms with Gasteiger partial charge in [-0.2, -0.15) is 0 Å². The molecular weight excluding hydrogens is 308 g/mol. The van der Waals surface area contributed by atoms with E-state index in [1.54, 1.807) is 43.3 Å². The first-order valence-corrected chi connectivity index (χ1v) is 7.85. The number of aliphatic hydroxyl groups is 1. The quantitative estimate of drug-likeness (QED) is 0.644. The average Bonchev–Trinajstić information content (AvgIpc) is 3.13. The van der Waals surface area contributed by atoms with Gasteiger partial charge in [-0.25, -0.2) is 0 Å². The van der Waals surface area contributed by atoms with Gasteiger partial charge in [-0.3, -0.25) is 9.59 Å². The van der Waals surface area contributed by atoms with Crippen molar-refractivity contribution in [2.45, 2.75) is 25.4 Å². The van der Waals surface area contributed by atoms with Gasteiger partial charge in [0.1, 0.15) is 11.4 Å². The van der Waals surface area contributed by atoms with E-state index < -0.39 is 5.60 Å². The Hall–Kier alpha value is -2.60. The molecule has 0 radical (unpaired) electrons. The van der Waals surface area contributed by atoms with E-state index in [1.165, 1.54) is 6.26 Å². The number of hydrogen-bond donors (Lipinski definition) is 3. The number of hydrogen-bond acceptors (Lipinski definition) is 4. The summed E-state index contributed by atoms with van der Waals surface area (Å²) in [4.78, 5) is 23.6. The Morgan fingerprint density at radius 3 is 2.54 bits per heavy atom. The zero-order valence-electron chi connectivity index (χ0n) is 13.6. The molecule has 0 saturated carbocycles. The molecule has 1 aromatic heterocycles. The summed E-state index contributed by atoms with van der Waals surface area (Å²) in [5, 5.41) is 15.7. The molecule has 0 spiro atoms. The van der Waals surface area contributed by atoms with Crippen LogP contribution in [0, 0.1) is 0 Å². The third-order valence-electron chi connectivity index (χ3n) is 3.58. The van der Waals surface area contributed by atoms with E-state index in [2.05, 4.69) is 10.6 Å². The third kappa shape index (κ3) is 5.24. The minimum absolute atomic E-state index is 0.0652. The molecule has 2 rings (SSSR count). The maximum Gasteiger partial charge on any atom is 0.251 e. The minimum Gasteiger partial charge on any atom is -0.466 e. The van der Waals surface area contributed by atoms with Crippen molar-refractivity contribution in [1.29, 1.82) is 0 Å². The van der Waals surface area contributed by atoms with Gasteiger partial charge in [0, 0.05) is 18.5 Å². The van der Waals surface area contributed by atoms with Gasteiger partial charge < -0.3 is 20.2 Å². The van der Waals surface area contributed by atoms with Crippen LogP contribution in [-0.4, -0.2) is 30.0 Å². The van der Waals surface area contributed by atoms with Crippen molar-refractivity contribution in [1.82, 2.24) is 10.6 Å². The molecule has 0 aliphatic carbocycles. The first-order valence-electron chi connectivity index (χ1n) is 7.85. The van der Waals surface area contributed by atoms with Gasteiger partial charge in [-0.15, -0.1) is 0 Å². The molecule has 3 N–H and O–H groups in total. The zero-order chi connectivity index (χ0) is 17.4. The van der Waals surface area contributed by atoms with E-state index in [0.717, 1.165) is 0 Å². The van der Waals surface area contributed by atoms with Gasteiger partial charge in [0.2, 0.25) is 5.91 Å². The average molecular weight is 330 g/mol. The highest BCUT2D eigenvalue weighted by Gasteiger charge is 2.26. The van der Waals surface area contributed by atoms with Crippen LogP contribution in [0.5, 0.6) is 0 Å².